The molecule has 1 aliphatic rings. The zero-order valence-electron chi connectivity index (χ0n) is 16.5. The van der Waals surface area contributed by atoms with Gasteiger partial charge in [0.1, 0.15) is 0 Å². The lowest BCUT2D eigenvalue weighted by Crippen LogP contribution is -2.26. The number of aryl methyl sites for hydroxylation is 1. The van der Waals surface area contributed by atoms with E-state index in [9.17, 15) is 4.39 Å². The molecule has 0 spiro atoms. The highest BCUT2D eigenvalue weighted by atomic mass is 32.2. The van der Waals surface area contributed by atoms with E-state index < -0.39 is 5.95 Å². The van der Waals surface area contributed by atoms with Crippen molar-refractivity contribution in [3.8, 4) is 5.88 Å². The van der Waals surface area contributed by atoms with E-state index in [0.717, 1.165) is 30.6 Å². The molecule has 1 fully saturated rings. The number of hydrogen-bond donors (Lipinski definition) is 0. The Morgan fingerprint density at radius 2 is 1.93 bits per heavy atom. The molecule has 1 saturated carbocycles. The standard InChI is InChI=1S/C22H29FN2OS/c1-21(2,15-22(7-8-22)14-17-4-9-24-10-5-17)16-26-20-13-18(6-11-27-3)12-19(23)25-20/h4-5,9-10,12-13H,6-8,11,14-16H2,1-3H3. The predicted molar refractivity (Wildman–Crippen MR) is 110 cm³/mol. The molecular weight excluding hydrogens is 359 g/mol. The Hall–Kier alpha value is -1.62. The van der Waals surface area contributed by atoms with Crippen LogP contribution < -0.4 is 4.74 Å². The van der Waals surface area contributed by atoms with E-state index in [1.165, 1.54) is 24.5 Å². The molecule has 0 saturated heterocycles. The smallest absolute Gasteiger partial charge is 0.216 e. The zero-order chi connectivity index (χ0) is 19.3. The van der Waals surface area contributed by atoms with Gasteiger partial charge in [-0.3, -0.25) is 4.98 Å². The third-order valence-corrected chi connectivity index (χ3v) is 5.79. The van der Waals surface area contributed by atoms with Crippen LogP contribution in [-0.2, 0) is 12.8 Å². The van der Waals surface area contributed by atoms with Crippen molar-refractivity contribution < 1.29 is 9.13 Å². The summed E-state index contributed by atoms with van der Waals surface area (Å²) >= 11 is 1.75. The summed E-state index contributed by atoms with van der Waals surface area (Å²) in [7, 11) is 0. The minimum Gasteiger partial charge on any atom is -0.477 e. The van der Waals surface area contributed by atoms with Gasteiger partial charge in [0, 0.05) is 18.5 Å². The molecule has 5 heteroatoms. The second-order valence-corrected chi connectivity index (χ2v) is 9.53. The molecule has 27 heavy (non-hydrogen) atoms. The Labute approximate surface area is 166 Å². The normalized spacial score (nSPS) is 15.6. The van der Waals surface area contributed by atoms with Gasteiger partial charge >= 0.3 is 0 Å². The second kappa shape index (κ2) is 8.59. The van der Waals surface area contributed by atoms with E-state index >= 15 is 0 Å². The first-order valence-electron chi connectivity index (χ1n) is 9.57. The lowest BCUT2D eigenvalue weighted by molar-refractivity contribution is 0.135. The molecule has 1 aliphatic carbocycles. The maximum atomic E-state index is 13.8. The predicted octanol–water partition coefficient (Wildman–Crippen LogP) is 5.34. The number of thioether (sulfide) groups is 1. The number of aromatic nitrogens is 2. The molecule has 0 radical (unpaired) electrons. The van der Waals surface area contributed by atoms with E-state index in [1.54, 1.807) is 11.8 Å². The van der Waals surface area contributed by atoms with Gasteiger partial charge in [-0.05, 0) is 84.3 Å². The average molecular weight is 389 g/mol. The average Bonchev–Trinajstić information content (AvgIpc) is 3.37. The SMILES string of the molecule is CSCCc1cc(F)nc(OCC(C)(C)CC2(Cc3ccncc3)CC2)c1. The Balaban J connectivity index is 1.58. The van der Waals surface area contributed by atoms with Crippen molar-refractivity contribution in [2.45, 2.75) is 46.0 Å². The van der Waals surface area contributed by atoms with Crippen LogP contribution in [0.15, 0.2) is 36.7 Å². The highest BCUT2D eigenvalue weighted by Gasteiger charge is 2.46. The summed E-state index contributed by atoms with van der Waals surface area (Å²) in [5.41, 5.74) is 2.68. The molecule has 0 aromatic carbocycles. The fraction of sp³-hybridized carbons (Fsp3) is 0.545. The van der Waals surface area contributed by atoms with Crippen LogP contribution in [0.3, 0.4) is 0 Å². The summed E-state index contributed by atoms with van der Waals surface area (Å²) in [6.45, 7) is 5.00. The van der Waals surface area contributed by atoms with Gasteiger partial charge in [0.2, 0.25) is 11.8 Å². The van der Waals surface area contributed by atoms with Crippen LogP contribution in [0.4, 0.5) is 4.39 Å². The fourth-order valence-electron chi connectivity index (χ4n) is 3.82. The van der Waals surface area contributed by atoms with Crippen molar-refractivity contribution in [2.75, 3.05) is 18.6 Å². The van der Waals surface area contributed by atoms with Gasteiger partial charge in [-0.2, -0.15) is 21.1 Å². The maximum absolute atomic E-state index is 13.8. The summed E-state index contributed by atoms with van der Waals surface area (Å²) in [6, 6.07) is 7.59. The topological polar surface area (TPSA) is 35.0 Å². The highest BCUT2D eigenvalue weighted by Crippen LogP contribution is 2.55. The quantitative estimate of drug-likeness (QED) is 0.515. The van der Waals surface area contributed by atoms with Gasteiger partial charge in [0.25, 0.3) is 0 Å². The van der Waals surface area contributed by atoms with Crippen molar-refractivity contribution in [1.82, 2.24) is 9.97 Å². The van der Waals surface area contributed by atoms with Gasteiger partial charge in [-0.25, -0.2) is 0 Å². The first-order valence-corrected chi connectivity index (χ1v) is 11.0. The fourth-order valence-corrected chi connectivity index (χ4v) is 4.26. The van der Waals surface area contributed by atoms with E-state index in [4.69, 9.17) is 4.74 Å². The number of nitrogens with zero attached hydrogens (tertiary/aromatic N) is 2. The van der Waals surface area contributed by atoms with Crippen molar-refractivity contribution in [1.29, 1.82) is 0 Å². The Bertz CT molecular complexity index is 747. The molecule has 2 heterocycles. The van der Waals surface area contributed by atoms with E-state index in [1.807, 2.05) is 18.5 Å². The molecular formula is C22H29FN2OS. The molecule has 2 aromatic rings. The van der Waals surface area contributed by atoms with E-state index in [-0.39, 0.29) is 5.41 Å². The van der Waals surface area contributed by atoms with Gasteiger partial charge in [-0.1, -0.05) is 13.8 Å². The van der Waals surface area contributed by atoms with Crippen LogP contribution in [0.25, 0.3) is 0 Å². The second-order valence-electron chi connectivity index (χ2n) is 8.54. The largest absolute Gasteiger partial charge is 0.477 e. The third kappa shape index (κ3) is 6.20. The van der Waals surface area contributed by atoms with Crippen LogP contribution >= 0.6 is 11.8 Å². The molecule has 0 atom stereocenters. The van der Waals surface area contributed by atoms with Gasteiger partial charge in [0.15, 0.2) is 0 Å². The molecule has 3 nitrogen and oxygen atoms in total. The number of ether oxygens (including phenoxy) is 1. The molecule has 0 bridgehead atoms. The lowest BCUT2D eigenvalue weighted by atomic mass is 9.79. The lowest BCUT2D eigenvalue weighted by Gasteiger charge is -2.30. The Kier molecular flexibility index (Phi) is 6.40. The van der Waals surface area contributed by atoms with Crippen molar-refractivity contribution in [3.05, 3.63) is 53.7 Å². The minimum absolute atomic E-state index is 0.0109. The van der Waals surface area contributed by atoms with Crippen LogP contribution in [0.2, 0.25) is 0 Å². The van der Waals surface area contributed by atoms with Gasteiger partial charge < -0.3 is 4.74 Å². The first-order chi connectivity index (χ1) is 12.9. The third-order valence-electron chi connectivity index (χ3n) is 5.18. The molecule has 3 rings (SSSR count). The summed E-state index contributed by atoms with van der Waals surface area (Å²) in [6.07, 6.45) is 11.3. The molecule has 0 N–H and O–H groups in total. The van der Waals surface area contributed by atoms with Gasteiger partial charge in [-0.15, -0.1) is 0 Å². The first kappa shape index (κ1) is 20.1. The molecule has 0 unspecified atom stereocenters. The summed E-state index contributed by atoms with van der Waals surface area (Å²) in [5.74, 6) is 0.905. The van der Waals surface area contributed by atoms with Crippen molar-refractivity contribution >= 4 is 11.8 Å². The number of hydrogen-bond acceptors (Lipinski definition) is 4. The van der Waals surface area contributed by atoms with Crippen LogP contribution in [0.1, 0.15) is 44.2 Å². The van der Waals surface area contributed by atoms with Crippen molar-refractivity contribution in [3.63, 3.8) is 0 Å². The van der Waals surface area contributed by atoms with Crippen LogP contribution in [0, 0.1) is 16.8 Å². The minimum atomic E-state index is -0.460. The Morgan fingerprint density at radius 3 is 2.59 bits per heavy atom. The maximum Gasteiger partial charge on any atom is 0.216 e. The monoisotopic (exact) mass is 388 g/mol. The molecule has 0 aliphatic heterocycles. The molecule has 146 valence electrons. The van der Waals surface area contributed by atoms with Crippen LogP contribution in [0.5, 0.6) is 5.88 Å². The zero-order valence-corrected chi connectivity index (χ0v) is 17.3. The summed E-state index contributed by atoms with van der Waals surface area (Å²) in [4.78, 5) is 8.03. The van der Waals surface area contributed by atoms with Crippen LogP contribution in [-0.4, -0.2) is 28.6 Å². The Morgan fingerprint density at radius 1 is 1.19 bits per heavy atom. The van der Waals surface area contributed by atoms with E-state index in [0.29, 0.717) is 17.9 Å². The summed E-state index contributed by atoms with van der Waals surface area (Å²) in [5, 5.41) is 0. The highest BCUT2D eigenvalue weighted by molar-refractivity contribution is 7.98. The number of rotatable bonds is 10. The van der Waals surface area contributed by atoms with Crippen molar-refractivity contribution in [2.24, 2.45) is 10.8 Å². The molecule has 2 aromatic heterocycles. The molecule has 0 amide bonds. The van der Waals surface area contributed by atoms with Gasteiger partial charge in [0.05, 0.1) is 6.61 Å². The van der Waals surface area contributed by atoms with E-state index in [2.05, 4.69) is 42.2 Å². The number of halogens is 1. The summed E-state index contributed by atoms with van der Waals surface area (Å²) < 4.78 is 19.7. The number of pyridine rings is 2.